The zero-order chi connectivity index (χ0) is 22.1. The molecule has 0 fully saturated rings. The van der Waals surface area contributed by atoms with E-state index in [1.807, 2.05) is 0 Å². The predicted molar refractivity (Wildman–Crippen MR) is 102 cm³/mol. The number of hydrogen-bond donors (Lipinski definition) is 3. The number of nitrogens with two attached hydrogens (primary N) is 1. The van der Waals surface area contributed by atoms with Gasteiger partial charge in [-0.2, -0.15) is 5.10 Å². The van der Waals surface area contributed by atoms with Gasteiger partial charge in [0.25, 0.3) is 12.3 Å². The largest absolute Gasteiger partial charge is 0.385 e. The number of H-pyrrole nitrogens is 1. The Bertz CT molecular complexity index is 937. The topological polar surface area (TPSA) is 88.3 Å². The highest BCUT2D eigenvalue weighted by Crippen LogP contribution is 2.47. The number of nitrogens with one attached hydrogen (secondary N) is 2. The molecule has 0 radical (unpaired) electrons. The van der Waals surface area contributed by atoms with Crippen LogP contribution in [0.5, 0.6) is 0 Å². The van der Waals surface area contributed by atoms with Crippen molar-refractivity contribution in [1.29, 1.82) is 0 Å². The van der Waals surface area contributed by atoms with Gasteiger partial charge >= 0.3 is 0 Å². The van der Waals surface area contributed by atoms with Gasteiger partial charge in [0.05, 0.1) is 16.9 Å². The van der Waals surface area contributed by atoms with Crippen molar-refractivity contribution in [3.05, 3.63) is 46.5 Å². The van der Waals surface area contributed by atoms with E-state index in [4.69, 9.17) is 22.1 Å². The molecule has 3 rings (SSSR count). The number of rotatable bonds is 6. The fraction of sp³-hybridized carbons (Fsp3) is 0.444. The van der Waals surface area contributed by atoms with Crippen LogP contribution in [0, 0.1) is 5.82 Å². The summed E-state index contributed by atoms with van der Waals surface area (Å²) in [6.07, 6.45) is -2.09. The standard InChI is InChI=1S/C18H19ClF5N5O/c1-2-17(18(23,24)8-30-7-13(25)28-17)10-5-9(3-4-12(10)20)27-15(16(21)22)14-11(19)6-26-29-14/h3-6,15-16,27H,2,7-8H2,1H3,(H2,25,28)(H,26,29). The normalized spacial score (nSPS) is 22.5. The first kappa shape index (κ1) is 22.3. The molecule has 1 aliphatic heterocycles. The Morgan fingerprint density at radius 1 is 1.37 bits per heavy atom. The lowest BCUT2D eigenvalue weighted by atomic mass is 9.81. The molecule has 0 bridgehead atoms. The van der Waals surface area contributed by atoms with Crippen molar-refractivity contribution in [3.63, 3.8) is 0 Å². The van der Waals surface area contributed by atoms with E-state index in [9.17, 15) is 22.0 Å². The number of amidine groups is 1. The number of alkyl halides is 4. The van der Waals surface area contributed by atoms with E-state index >= 15 is 0 Å². The molecule has 0 aliphatic carbocycles. The van der Waals surface area contributed by atoms with Crippen molar-refractivity contribution in [2.45, 2.75) is 37.3 Å². The number of aromatic nitrogens is 2. The Kier molecular flexibility index (Phi) is 6.23. The molecular weight excluding hydrogens is 433 g/mol. The zero-order valence-corrected chi connectivity index (χ0v) is 16.5. The molecule has 1 aromatic carbocycles. The van der Waals surface area contributed by atoms with Gasteiger partial charge in [0.15, 0.2) is 5.54 Å². The summed E-state index contributed by atoms with van der Waals surface area (Å²) in [4.78, 5) is 3.90. The maximum atomic E-state index is 15.0. The molecule has 2 aromatic rings. The fourth-order valence-corrected chi connectivity index (χ4v) is 3.63. The number of nitrogens with zero attached hydrogens (tertiary/aromatic N) is 2. The summed E-state index contributed by atoms with van der Waals surface area (Å²) >= 11 is 5.87. The van der Waals surface area contributed by atoms with Crippen molar-refractivity contribution >= 4 is 23.1 Å². The van der Waals surface area contributed by atoms with Gasteiger partial charge in [0.1, 0.15) is 30.9 Å². The van der Waals surface area contributed by atoms with E-state index in [-0.39, 0.29) is 35.3 Å². The van der Waals surface area contributed by atoms with Crippen molar-refractivity contribution in [2.75, 3.05) is 18.5 Å². The Morgan fingerprint density at radius 2 is 2.10 bits per heavy atom. The monoisotopic (exact) mass is 451 g/mol. The summed E-state index contributed by atoms with van der Waals surface area (Å²) < 4.78 is 76.8. The van der Waals surface area contributed by atoms with E-state index in [1.165, 1.54) is 6.92 Å². The van der Waals surface area contributed by atoms with Gasteiger partial charge < -0.3 is 15.8 Å². The van der Waals surface area contributed by atoms with E-state index in [2.05, 4.69) is 20.5 Å². The minimum Gasteiger partial charge on any atom is -0.385 e. The third-order valence-corrected chi connectivity index (χ3v) is 5.20. The molecule has 1 aromatic heterocycles. The summed E-state index contributed by atoms with van der Waals surface area (Å²) in [5.74, 6) is -4.80. The van der Waals surface area contributed by atoms with Gasteiger partial charge in [-0.15, -0.1) is 0 Å². The summed E-state index contributed by atoms with van der Waals surface area (Å²) in [7, 11) is 0. The first-order chi connectivity index (χ1) is 14.1. The molecular formula is C18H19ClF5N5O. The summed E-state index contributed by atoms with van der Waals surface area (Å²) in [5.41, 5.74) is 2.68. The quantitative estimate of drug-likeness (QED) is 0.573. The molecule has 0 saturated carbocycles. The van der Waals surface area contributed by atoms with Crippen LogP contribution in [-0.2, 0) is 10.3 Å². The smallest absolute Gasteiger partial charge is 0.299 e. The van der Waals surface area contributed by atoms with Crippen molar-refractivity contribution < 1.29 is 26.7 Å². The van der Waals surface area contributed by atoms with Crippen molar-refractivity contribution in [1.82, 2.24) is 10.2 Å². The van der Waals surface area contributed by atoms with Crippen LogP contribution in [0.15, 0.2) is 29.4 Å². The molecule has 6 nitrogen and oxygen atoms in total. The first-order valence-electron chi connectivity index (χ1n) is 8.94. The van der Waals surface area contributed by atoms with Gasteiger partial charge in [0.2, 0.25) is 0 Å². The molecule has 0 spiro atoms. The maximum Gasteiger partial charge on any atom is 0.299 e. The third-order valence-electron chi connectivity index (χ3n) is 4.90. The fourth-order valence-electron chi connectivity index (χ4n) is 3.42. The summed E-state index contributed by atoms with van der Waals surface area (Å²) in [6, 6.07) is 1.44. The predicted octanol–water partition coefficient (Wildman–Crippen LogP) is 4.25. The number of anilines is 1. The molecule has 4 N–H and O–H groups in total. The minimum atomic E-state index is -3.60. The highest BCUT2D eigenvalue weighted by Gasteiger charge is 2.56. The van der Waals surface area contributed by atoms with Crippen LogP contribution in [0.25, 0.3) is 0 Å². The molecule has 1 aliphatic rings. The molecule has 2 heterocycles. The lowest BCUT2D eigenvalue weighted by Crippen LogP contribution is -2.47. The second-order valence-corrected chi connectivity index (χ2v) is 7.20. The van der Waals surface area contributed by atoms with E-state index in [0.29, 0.717) is 0 Å². The molecule has 12 heteroatoms. The van der Waals surface area contributed by atoms with Crippen LogP contribution >= 0.6 is 11.6 Å². The Hall–Kier alpha value is -2.40. The number of aliphatic imine (C=N–C) groups is 1. The second-order valence-electron chi connectivity index (χ2n) is 6.80. The summed E-state index contributed by atoms with van der Waals surface area (Å²) in [6.45, 7) is 0.0517. The molecule has 2 atom stereocenters. The lowest BCUT2D eigenvalue weighted by Gasteiger charge is -2.36. The lowest BCUT2D eigenvalue weighted by molar-refractivity contribution is -0.123. The average Bonchev–Trinajstić information content (AvgIpc) is 3.05. The second kappa shape index (κ2) is 8.38. The van der Waals surface area contributed by atoms with Crippen molar-refractivity contribution in [3.8, 4) is 0 Å². The van der Waals surface area contributed by atoms with Gasteiger partial charge in [-0.1, -0.05) is 18.5 Å². The molecule has 0 saturated heterocycles. The molecule has 2 unspecified atom stereocenters. The number of benzene rings is 1. The SMILES string of the molecule is CCC1(c2cc(NC(c3[nH]ncc3Cl)C(F)F)ccc2F)N=C(N)COCC1(F)F. The van der Waals surface area contributed by atoms with Gasteiger partial charge in [-0.25, -0.2) is 22.0 Å². The molecule has 30 heavy (non-hydrogen) atoms. The van der Waals surface area contributed by atoms with Crippen LogP contribution in [0.3, 0.4) is 0 Å². The van der Waals surface area contributed by atoms with Gasteiger partial charge in [-0.05, 0) is 24.6 Å². The van der Waals surface area contributed by atoms with Crippen molar-refractivity contribution in [2.24, 2.45) is 10.7 Å². The van der Waals surface area contributed by atoms with Gasteiger partial charge in [0, 0.05) is 11.3 Å². The average molecular weight is 452 g/mol. The maximum absolute atomic E-state index is 15.0. The highest BCUT2D eigenvalue weighted by atomic mass is 35.5. The molecule has 164 valence electrons. The van der Waals surface area contributed by atoms with Crippen LogP contribution in [-0.4, -0.2) is 41.6 Å². The number of halogens is 6. The van der Waals surface area contributed by atoms with Crippen LogP contribution < -0.4 is 11.1 Å². The number of hydrogen-bond acceptors (Lipinski definition) is 5. The van der Waals surface area contributed by atoms with Crippen LogP contribution in [0.1, 0.15) is 30.6 Å². The van der Waals surface area contributed by atoms with Crippen LogP contribution in [0.2, 0.25) is 5.02 Å². The highest BCUT2D eigenvalue weighted by molar-refractivity contribution is 6.31. The molecule has 0 amide bonds. The van der Waals surface area contributed by atoms with Crippen LogP contribution in [0.4, 0.5) is 27.6 Å². The Morgan fingerprint density at radius 3 is 2.70 bits per heavy atom. The van der Waals surface area contributed by atoms with E-state index in [1.54, 1.807) is 0 Å². The third kappa shape index (κ3) is 3.95. The zero-order valence-electron chi connectivity index (χ0n) is 15.7. The minimum absolute atomic E-state index is 0.0370. The van der Waals surface area contributed by atoms with Gasteiger partial charge in [-0.3, -0.25) is 10.1 Å². The number of ether oxygens (including phenoxy) is 1. The number of aromatic amines is 1. The van der Waals surface area contributed by atoms with E-state index in [0.717, 1.165) is 24.4 Å². The first-order valence-corrected chi connectivity index (χ1v) is 9.32. The Balaban J connectivity index is 2.08. The van der Waals surface area contributed by atoms with E-state index < -0.39 is 41.9 Å². The Labute approximate surface area is 173 Å². The summed E-state index contributed by atoms with van der Waals surface area (Å²) in [5, 5.41) is 8.43.